The number of nitrogens with one attached hydrogen (secondary N) is 1. The third-order valence-corrected chi connectivity index (χ3v) is 3.74. The molecule has 0 amide bonds. The Balaban J connectivity index is 1.92. The average molecular weight is 241 g/mol. The van der Waals surface area contributed by atoms with Crippen LogP contribution >= 0.6 is 0 Å². The number of nitrogens with two attached hydrogens (primary N) is 1. The van der Waals surface area contributed by atoms with E-state index in [2.05, 4.69) is 16.4 Å². The number of aromatic nitrogens is 1. The maximum atomic E-state index is 5.87. The average Bonchev–Trinajstić information content (AvgIpc) is 2.41. The zero-order valence-electron chi connectivity index (χ0n) is 10.5. The molecule has 18 heavy (non-hydrogen) atoms. The monoisotopic (exact) mass is 241 g/mol. The van der Waals surface area contributed by atoms with Crippen molar-refractivity contribution in [1.82, 2.24) is 4.98 Å². The first-order chi connectivity index (χ1) is 8.83. The Hall–Kier alpha value is -1.77. The predicted octanol–water partition coefficient (Wildman–Crippen LogP) is 3.56. The van der Waals surface area contributed by atoms with E-state index >= 15 is 0 Å². The van der Waals surface area contributed by atoms with Gasteiger partial charge in [-0.3, -0.25) is 0 Å². The smallest absolute Gasteiger partial charge is 0.134 e. The van der Waals surface area contributed by atoms with E-state index in [0.29, 0.717) is 6.04 Å². The van der Waals surface area contributed by atoms with E-state index in [1.54, 1.807) is 0 Å². The first kappa shape index (κ1) is 11.3. The highest BCUT2D eigenvalue weighted by Gasteiger charge is 2.14. The molecule has 0 spiro atoms. The lowest BCUT2D eigenvalue weighted by atomic mass is 9.95. The van der Waals surface area contributed by atoms with Gasteiger partial charge in [-0.05, 0) is 36.4 Å². The maximum Gasteiger partial charge on any atom is 0.134 e. The van der Waals surface area contributed by atoms with Crippen molar-refractivity contribution in [3.8, 4) is 0 Å². The lowest BCUT2D eigenvalue weighted by Gasteiger charge is -2.23. The molecule has 94 valence electrons. The fourth-order valence-electron chi connectivity index (χ4n) is 2.74. The van der Waals surface area contributed by atoms with Crippen molar-refractivity contribution in [3.05, 3.63) is 30.5 Å². The second-order valence-corrected chi connectivity index (χ2v) is 5.12. The Morgan fingerprint density at radius 1 is 1.11 bits per heavy atom. The maximum absolute atomic E-state index is 5.87. The highest BCUT2D eigenvalue weighted by Crippen LogP contribution is 2.26. The minimum Gasteiger partial charge on any atom is -0.399 e. The van der Waals surface area contributed by atoms with Crippen LogP contribution in [0.4, 0.5) is 11.5 Å². The van der Waals surface area contributed by atoms with Gasteiger partial charge in [0, 0.05) is 23.3 Å². The first-order valence-electron chi connectivity index (χ1n) is 6.74. The molecule has 1 aliphatic rings. The van der Waals surface area contributed by atoms with Crippen LogP contribution in [0.2, 0.25) is 0 Å². The van der Waals surface area contributed by atoms with Gasteiger partial charge in [0.1, 0.15) is 5.82 Å². The van der Waals surface area contributed by atoms with Gasteiger partial charge < -0.3 is 11.1 Å². The lowest BCUT2D eigenvalue weighted by molar-refractivity contribution is 0.462. The molecule has 1 fully saturated rings. The van der Waals surface area contributed by atoms with Crippen LogP contribution in [0.1, 0.15) is 32.1 Å². The highest BCUT2D eigenvalue weighted by atomic mass is 15.0. The Kier molecular flexibility index (Phi) is 3.05. The number of rotatable bonds is 2. The molecule has 0 radical (unpaired) electrons. The topological polar surface area (TPSA) is 50.9 Å². The molecule has 1 aromatic heterocycles. The molecule has 1 heterocycles. The molecule has 1 saturated carbocycles. The number of nitrogen functional groups attached to an aromatic ring is 1. The summed E-state index contributed by atoms with van der Waals surface area (Å²) in [6.07, 6.45) is 8.38. The van der Waals surface area contributed by atoms with Crippen LogP contribution in [-0.4, -0.2) is 11.0 Å². The van der Waals surface area contributed by atoms with Crippen LogP contribution in [0.3, 0.4) is 0 Å². The van der Waals surface area contributed by atoms with Gasteiger partial charge in [0.2, 0.25) is 0 Å². The molecule has 3 nitrogen and oxygen atoms in total. The molecule has 0 unspecified atom stereocenters. The molecule has 1 aliphatic carbocycles. The third-order valence-electron chi connectivity index (χ3n) is 3.74. The van der Waals surface area contributed by atoms with E-state index in [1.807, 2.05) is 24.4 Å². The fraction of sp³-hybridized carbons (Fsp3) is 0.400. The molecule has 0 saturated heterocycles. The van der Waals surface area contributed by atoms with Gasteiger partial charge in [-0.15, -0.1) is 0 Å². The predicted molar refractivity (Wildman–Crippen MR) is 76.7 cm³/mol. The summed E-state index contributed by atoms with van der Waals surface area (Å²) in [7, 11) is 0. The fourth-order valence-corrected chi connectivity index (χ4v) is 2.74. The van der Waals surface area contributed by atoms with Crippen LogP contribution in [0.15, 0.2) is 30.5 Å². The highest BCUT2D eigenvalue weighted by molar-refractivity contribution is 5.93. The summed E-state index contributed by atoms with van der Waals surface area (Å²) in [6, 6.07) is 8.60. The number of benzene rings is 1. The summed E-state index contributed by atoms with van der Waals surface area (Å²) in [4.78, 5) is 4.48. The van der Waals surface area contributed by atoms with E-state index in [1.165, 1.54) is 37.5 Å². The van der Waals surface area contributed by atoms with E-state index in [-0.39, 0.29) is 0 Å². The van der Waals surface area contributed by atoms with Crippen LogP contribution in [0, 0.1) is 0 Å². The second-order valence-electron chi connectivity index (χ2n) is 5.12. The van der Waals surface area contributed by atoms with Gasteiger partial charge in [-0.2, -0.15) is 0 Å². The SMILES string of the molecule is Nc1ccc2ccnc(NC3CCCCC3)c2c1. The molecule has 3 heteroatoms. The van der Waals surface area contributed by atoms with E-state index in [4.69, 9.17) is 5.73 Å². The van der Waals surface area contributed by atoms with Crippen LogP contribution < -0.4 is 11.1 Å². The van der Waals surface area contributed by atoms with Crippen molar-refractivity contribution in [2.75, 3.05) is 11.1 Å². The Labute approximate surface area is 107 Å². The molecule has 0 atom stereocenters. The van der Waals surface area contributed by atoms with Crippen molar-refractivity contribution in [2.45, 2.75) is 38.1 Å². The summed E-state index contributed by atoms with van der Waals surface area (Å²) in [5.41, 5.74) is 6.66. The Bertz CT molecular complexity index is 544. The molecular formula is C15H19N3. The summed E-state index contributed by atoms with van der Waals surface area (Å²) in [6.45, 7) is 0. The van der Waals surface area contributed by atoms with E-state index in [0.717, 1.165) is 16.9 Å². The zero-order chi connectivity index (χ0) is 12.4. The van der Waals surface area contributed by atoms with Crippen LogP contribution in [-0.2, 0) is 0 Å². The van der Waals surface area contributed by atoms with Gasteiger partial charge in [0.15, 0.2) is 0 Å². The molecule has 3 rings (SSSR count). The van der Waals surface area contributed by atoms with Crippen molar-refractivity contribution in [3.63, 3.8) is 0 Å². The first-order valence-corrected chi connectivity index (χ1v) is 6.74. The van der Waals surface area contributed by atoms with Gasteiger partial charge >= 0.3 is 0 Å². The van der Waals surface area contributed by atoms with Crippen molar-refractivity contribution >= 4 is 22.3 Å². The Morgan fingerprint density at radius 2 is 1.94 bits per heavy atom. The Morgan fingerprint density at radius 3 is 2.78 bits per heavy atom. The van der Waals surface area contributed by atoms with Gasteiger partial charge in [-0.1, -0.05) is 25.3 Å². The molecular weight excluding hydrogens is 222 g/mol. The van der Waals surface area contributed by atoms with E-state index in [9.17, 15) is 0 Å². The largest absolute Gasteiger partial charge is 0.399 e. The quantitative estimate of drug-likeness (QED) is 0.790. The minimum absolute atomic E-state index is 0.568. The van der Waals surface area contributed by atoms with Crippen molar-refractivity contribution < 1.29 is 0 Å². The molecule has 0 bridgehead atoms. The zero-order valence-corrected chi connectivity index (χ0v) is 10.5. The number of hydrogen-bond donors (Lipinski definition) is 2. The van der Waals surface area contributed by atoms with Gasteiger partial charge in [-0.25, -0.2) is 4.98 Å². The third kappa shape index (κ3) is 2.26. The number of nitrogens with zero attached hydrogens (tertiary/aromatic N) is 1. The lowest BCUT2D eigenvalue weighted by Crippen LogP contribution is -2.22. The summed E-state index contributed by atoms with van der Waals surface area (Å²) in [5.74, 6) is 0.978. The van der Waals surface area contributed by atoms with Crippen LogP contribution in [0.5, 0.6) is 0 Å². The number of anilines is 2. The minimum atomic E-state index is 0.568. The standard InChI is InChI=1S/C15H19N3/c16-12-7-6-11-8-9-17-15(14(11)10-12)18-13-4-2-1-3-5-13/h6-10,13H,1-5,16H2,(H,17,18). The summed E-state index contributed by atoms with van der Waals surface area (Å²) >= 11 is 0. The van der Waals surface area contributed by atoms with Crippen molar-refractivity contribution in [1.29, 1.82) is 0 Å². The van der Waals surface area contributed by atoms with Gasteiger partial charge in [0.05, 0.1) is 0 Å². The van der Waals surface area contributed by atoms with Crippen LogP contribution in [0.25, 0.3) is 10.8 Å². The number of fused-ring (bicyclic) bond motifs is 1. The second kappa shape index (κ2) is 4.84. The van der Waals surface area contributed by atoms with E-state index < -0.39 is 0 Å². The van der Waals surface area contributed by atoms with Crippen molar-refractivity contribution in [2.24, 2.45) is 0 Å². The number of pyridine rings is 1. The normalized spacial score (nSPS) is 16.9. The summed E-state index contributed by atoms with van der Waals surface area (Å²) < 4.78 is 0. The molecule has 2 aromatic rings. The molecule has 3 N–H and O–H groups in total. The molecule has 1 aromatic carbocycles. The number of hydrogen-bond acceptors (Lipinski definition) is 3. The molecule has 0 aliphatic heterocycles. The summed E-state index contributed by atoms with van der Waals surface area (Å²) in [5, 5.41) is 5.90. The van der Waals surface area contributed by atoms with Gasteiger partial charge in [0.25, 0.3) is 0 Å².